The molecule has 0 amide bonds. The van der Waals surface area contributed by atoms with Crippen LogP contribution in [0.1, 0.15) is 0 Å². The smallest absolute Gasteiger partial charge is 0.445 e. The van der Waals surface area contributed by atoms with Crippen LogP contribution in [-0.2, 0) is 0 Å². The van der Waals surface area contributed by atoms with Gasteiger partial charge in [0.25, 0.3) is 0 Å². The van der Waals surface area contributed by atoms with Crippen molar-refractivity contribution in [2.45, 2.75) is 12.0 Å². The second kappa shape index (κ2) is 6.80. The van der Waals surface area contributed by atoms with Gasteiger partial charge < -0.3 is 17.8 Å². The number of hydrogen-bond donors (Lipinski definition) is 0. The van der Waals surface area contributed by atoms with E-state index in [1.165, 1.54) is 4.57 Å². The van der Waals surface area contributed by atoms with Crippen LogP contribution in [0.25, 0.3) is 0 Å². The summed E-state index contributed by atoms with van der Waals surface area (Å²) in [4.78, 5) is 1.99. The number of halogens is 8. The molecule has 0 aliphatic carbocycles. The molecular weight excluding hydrogens is 325 g/mol. The summed E-state index contributed by atoms with van der Waals surface area (Å²) in [5, 5.41) is 8.47. The molecule has 0 fully saturated rings. The van der Waals surface area contributed by atoms with Crippen molar-refractivity contribution in [3.05, 3.63) is 24.5 Å². The fourth-order valence-corrected chi connectivity index (χ4v) is 0.969. The fourth-order valence-electron chi connectivity index (χ4n) is 0.969. The third-order valence-corrected chi connectivity index (χ3v) is 2.23. The molecule has 3 nitrogen and oxygen atoms in total. The molecule has 0 saturated heterocycles. The van der Waals surface area contributed by atoms with Gasteiger partial charge in [-0.2, -0.15) is 13.2 Å². The highest BCUT2D eigenvalue weighted by atomic mass is 19.4. The summed E-state index contributed by atoms with van der Waals surface area (Å²) < 4.78 is 89.3. The van der Waals surface area contributed by atoms with E-state index in [-0.39, 0.29) is 0 Å². The molecule has 1 heterocycles. The number of aromatic nitrogens is 1. The molecule has 12 heteroatoms. The van der Waals surface area contributed by atoms with E-state index in [0.29, 0.717) is 0 Å². The minimum Gasteiger partial charge on any atom is -0.445 e. The lowest BCUT2D eigenvalue weighted by Crippen LogP contribution is -2.53. The van der Waals surface area contributed by atoms with Crippen molar-refractivity contribution < 1.29 is 39.5 Å². The van der Waals surface area contributed by atoms with Gasteiger partial charge in [-0.25, -0.2) is 8.78 Å². The first kappa shape index (κ1) is 19.9. The number of nitrogens with zero attached hydrogens (tertiary/aromatic N) is 3. The van der Waals surface area contributed by atoms with Crippen molar-refractivity contribution in [3.8, 4) is 6.19 Å². The van der Waals surface area contributed by atoms with Crippen molar-refractivity contribution in [1.29, 1.82) is 5.26 Å². The lowest BCUT2D eigenvalue weighted by molar-refractivity contribution is -0.586. The van der Waals surface area contributed by atoms with Gasteiger partial charge in [0, 0.05) is 31.9 Å². The van der Waals surface area contributed by atoms with E-state index in [0.717, 1.165) is 5.69 Å². The van der Waals surface area contributed by atoms with Crippen molar-refractivity contribution in [3.63, 3.8) is 0 Å². The third kappa shape index (κ3) is 5.05. The lowest BCUT2D eigenvalue weighted by Gasteiger charge is -2.28. The van der Waals surface area contributed by atoms with Crippen LogP contribution in [0.3, 0.4) is 0 Å². The zero-order valence-corrected chi connectivity index (χ0v) is 11.3. The molecule has 0 atom stereocenters. The standard InChI is InChI=1S/C8H10N3.C2BF8/c1-10(2)8-3-5-11(7-9)6-4-8;4-1(5,2(6,7)8)3(9,10)11/h3-6H,1-2H3;/q+1;-1. The molecule has 0 spiro atoms. The predicted molar refractivity (Wildman–Crippen MR) is 62.1 cm³/mol. The highest BCUT2D eigenvalue weighted by molar-refractivity contribution is 6.61. The number of pyridine rings is 1. The Labute approximate surface area is 120 Å². The average Bonchev–Trinajstić information content (AvgIpc) is 2.37. The minimum absolute atomic E-state index is 1.09. The summed E-state index contributed by atoms with van der Waals surface area (Å²) in [5.41, 5.74) is 1.09. The summed E-state index contributed by atoms with van der Waals surface area (Å²) in [6.45, 7) is -7.21. The SMILES string of the molecule is CN(C)c1cc[n+](C#N)cc1.F[B-](F)(F)C(F)(F)C(F)(F)F. The first-order chi connectivity index (χ1) is 9.74. The van der Waals surface area contributed by atoms with Gasteiger partial charge in [-0.1, -0.05) is 0 Å². The molecule has 0 N–H and O–H groups in total. The van der Waals surface area contributed by atoms with Crippen LogP contribution in [0.15, 0.2) is 24.5 Å². The van der Waals surface area contributed by atoms with E-state index >= 15 is 0 Å². The number of hydrogen-bond acceptors (Lipinski definition) is 2. The van der Waals surface area contributed by atoms with E-state index in [4.69, 9.17) is 5.26 Å². The Balaban J connectivity index is 0.000000401. The molecule has 0 unspecified atom stereocenters. The van der Waals surface area contributed by atoms with Crippen molar-refractivity contribution in [2.24, 2.45) is 0 Å². The van der Waals surface area contributed by atoms with Crippen LogP contribution >= 0.6 is 0 Å². The molecule has 0 bridgehead atoms. The van der Waals surface area contributed by atoms with E-state index in [9.17, 15) is 34.9 Å². The second-order valence-corrected chi connectivity index (χ2v) is 4.15. The van der Waals surface area contributed by atoms with Crippen LogP contribution in [0.2, 0.25) is 0 Å². The van der Waals surface area contributed by atoms with E-state index in [1.807, 2.05) is 37.3 Å². The highest BCUT2D eigenvalue weighted by Crippen LogP contribution is 2.43. The van der Waals surface area contributed by atoms with Crippen molar-refractivity contribution in [1.82, 2.24) is 0 Å². The monoisotopic (exact) mass is 335 g/mol. The largest absolute Gasteiger partial charge is 0.558 e. The van der Waals surface area contributed by atoms with Crippen molar-refractivity contribution >= 4 is 12.7 Å². The van der Waals surface area contributed by atoms with Gasteiger partial charge in [-0.05, 0) is 0 Å². The van der Waals surface area contributed by atoms with Crippen LogP contribution in [0.5, 0.6) is 0 Å². The van der Waals surface area contributed by atoms with Gasteiger partial charge in [0.1, 0.15) is 12.4 Å². The Hall–Kier alpha value is -2.06. The molecule has 0 saturated carbocycles. The number of rotatable bonds is 2. The maximum atomic E-state index is 11.2. The van der Waals surface area contributed by atoms with Gasteiger partial charge in [-0.15, -0.1) is 4.57 Å². The van der Waals surface area contributed by atoms with E-state index < -0.39 is 19.0 Å². The summed E-state index contributed by atoms with van der Waals surface area (Å²) in [6.07, 6.45) is -1.10. The topological polar surface area (TPSA) is 30.9 Å². The van der Waals surface area contributed by atoms with Crippen molar-refractivity contribution in [2.75, 3.05) is 19.0 Å². The summed E-state index contributed by atoms with van der Waals surface area (Å²) in [7, 11) is 3.93. The lowest BCUT2D eigenvalue weighted by atomic mass is 9.80. The Morgan fingerprint density at radius 2 is 1.45 bits per heavy atom. The molecule has 0 radical (unpaired) electrons. The quantitative estimate of drug-likeness (QED) is 0.473. The molecular formula is C10H10BF8N3. The average molecular weight is 335 g/mol. The zero-order chi connectivity index (χ0) is 17.8. The molecule has 1 aromatic heterocycles. The molecule has 0 aliphatic heterocycles. The number of anilines is 1. The van der Waals surface area contributed by atoms with Gasteiger partial charge in [0.2, 0.25) is 0 Å². The van der Waals surface area contributed by atoms with Crippen LogP contribution in [0, 0.1) is 11.5 Å². The molecule has 124 valence electrons. The molecule has 1 aromatic rings. The Morgan fingerprint density at radius 1 is 1.05 bits per heavy atom. The van der Waals surface area contributed by atoms with E-state index in [2.05, 4.69) is 0 Å². The third-order valence-electron chi connectivity index (χ3n) is 2.23. The molecule has 0 aromatic carbocycles. The molecule has 1 rings (SSSR count). The highest BCUT2D eigenvalue weighted by Gasteiger charge is 2.69. The van der Waals surface area contributed by atoms with Gasteiger partial charge in [0.15, 0.2) is 5.26 Å². The van der Waals surface area contributed by atoms with Gasteiger partial charge >= 0.3 is 25.2 Å². The Morgan fingerprint density at radius 3 is 1.64 bits per heavy atom. The minimum atomic E-state index is -7.21. The summed E-state index contributed by atoms with van der Waals surface area (Å²) in [5.74, 6) is -6.56. The van der Waals surface area contributed by atoms with Crippen LogP contribution in [0.4, 0.5) is 40.6 Å². The van der Waals surface area contributed by atoms with Crippen LogP contribution < -0.4 is 9.47 Å². The van der Waals surface area contributed by atoms with Gasteiger partial charge in [-0.3, -0.25) is 0 Å². The maximum absolute atomic E-state index is 11.2. The maximum Gasteiger partial charge on any atom is 0.558 e. The summed E-state index contributed by atoms with van der Waals surface area (Å²) >= 11 is 0. The number of nitriles is 1. The molecule has 0 aliphatic rings. The summed E-state index contributed by atoms with van der Waals surface area (Å²) in [6, 6.07) is 3.78. The fraction of sp³-hybridized carbons (Fsp3) is 0.400. The Kier molecular flexibility index (Phi) is 6.17. The van der Waals surface area contributed by atoms with Crippen LogP contribution in [-0.4, -0.2) is 33.1 Å². The van der Waals surface area contributed by atoms with E-state index in [1.54, 1.807) is 12.4 Å². The Bertz CT molecular complexity index is 499. The van der Waals surface area contributed by atoms with Gasteiger partial charge in [0.05, 0.1) is 0 Å². The molecule has 22 heavy (non-hydrogen) atoms. The second-order valence-electron chi connectivity index (χ2n) is 4.15. The number of alkyl halides is 5. The normalized spacial score (nSPS) is 12.0. The zero-order valence-electron chi connectivity index (χ0n) is 11.3. The first-order valence-corrected chi connectivity index (χ1v) is 5.46. The first-order valence-electron chi connectivity index (χ1n) is 5.46. The predicted octanol–water partition coefficient (Wildman–Crippen LogP) is 2.94.